The van der Waals surface area contributed by atoms with Gasteiger partial charge in [0.15, 0.2) is 0 Å². The van der Waals surface area contributed by atoms with Crippen molar-refractivity contribution in [3.05, 3.63) is 45.4 Å². The monoisotopic (exact) mass is 320 g/mol. The molecule has 0 aliphatic rings. The number of ether oxygens (including phenoxy) is 1. The van der Waals surface area contributed by atoms with Crippen molar-refractivity contribution in [2.75, 3.05) is 13.2 Å². The van der Waals surface area contributed by atoms with Gasteiger partial charge in [0.25, 0.3) is 0 Å². The number of aromatic nitrogens is 1. The Bertz CT molecular complexity index is 623. The van der Waals surface area contributed by atoms with E-state index < -0.39 is 0 Å². The van der Waals surface area contributed by atoms with Crippen molar-refractivity contribution < 1.29 is 14.6 Å². The highest BCUT2D eigenvalue weighted by atomic mass is 32.1. The van der Waals surface area contributed by atoms with Gasteiger partial charge in [-0.2, -0.15) is 0 Å². The molecule has 2 aromatic rings. The molecule has 6 heteroatoms. The van der Waals surface area contributed by atoms with Crippen LogP contribution in [0.25, 0.3) is 0 Å². The van der Waals surface area contributed by atoms with Crippen LogP contribution in [0.5, 0.6) is 5.75 Å². The Balaban J connectivity index is 1.86. The van der Waals surface area contributed by atoms with Crippen molar-refractivity contribution in [2.24, 2.45) is 0 Å². The summed E-state index contributed by atoms with van der Waals surface area (Å²) < 4.78 is 5.75. The Morgan fingerprint density at radius 2 is 2.05 bits per heavy atom. The molecule has 1 amide bonds. The van der Waals surface area contributed by atoms with E-state index in [-0.39, 0.29) is 19.1 Å². The van der Waals surface area contributed by atoms with Gasteiger partial charge in [0, 0.05) is 6.54 Å². The molecule has 2 rings (SSSR count). The molecule has 0 aliphatic heterocycles. The number of aryl methyl sites for hydroxylation is 2. The smallest absolute Gasteiger partial charge is 0.224 e. The van der Waals surface area contributed by atoms with Gasteiger partial charge in [-0.25, -0.2) is 4.98 Å². The van der Waals surface area contributed by atoms with Crippen LogP contribution in [0.15, 0.2) is 24.3 Å². The molecule has 0 atom stereocenters. The summed E-state index contributed by atoms with van der Waals surface area (Å²) >= 11 is 1.64. The number of amides is 1. The van der Waals surface area contributed by atoms with Crippen LogP contribution in [0.3, 0.4) is 0 Å². The van der Waals surface area contributed by atoms with Crippen molar-refractivity contribution in [3.63, 3.8) is 0 Å². The van der Waals surface area contributed by atoms with E-state index in [0.717, 1.165) is 26.9 Å². The Morgan fingerprint density at radius 1 is 1.32 bits per heavy atom. The average Bonchev–Trinajstić information content (AvgIpc) is 2.82. The molecule has 22 heavy (non-hydrogen) atoms. The molecule has 1 heterocycles. The number of aliphatic hydroxyl groups is 1. The first-order chi connectivity index (χ1) is 10.6. The van der Waals surface area contributed by atoms with Gasteiger partial charge in [-0.15, -0.1) is 11.3 Å². The summed E-state index contributed by atoms with van der Waals surface area (Å²) in [6.45, 7) is 4.71. The lowest BCUT2D eigenvalue weighted by atomic mass is 10.1. The molecule has 0 radical (unpaired) electrons. The predicted molar refractivity (Wildman–Crippen MR) is 86.2 cm³/mol. The molecule has 0 unspecified atom stereocenters. The fourth-order valence-electron chi connectivity index (χ4n) is 2.00. The topological polar surface area (TPSA) is 71.5 Å². The molecule has 0 saturated heterocycles. The zero-order valence-corrected chi connectivity index (χ0v) is 13.6. The van der Waals surface area contributed by atoms with Crippen LogP contribution in [0, 0.1) is 13.8 Å². The lowest BCUT2D eigenvalue weighted by Gasteiger charge is -2.07. The molecule has 1 aromatic carbocycles. The van der Waals surface area contributed by atoms with Crippen LogP contribution in [0.2, 0.25) is 0 Å². The third kappa shape index (κ3) is 4.82. The predicted octanol–water partition coefficient (Wildman–Crippen LogP) is 1.99. The first-order valence-corrected chi connectivity index (χ1v) is 7.92. The number of aliphatic hydroxyl groups excluding tert-OH is 1. The van der Waals surface area contributed by atoms with Gasteiger partial charge in [0.2, 0.25) is 5.91 Å². The Hall–Kier alpha value is -1.92. The zero-order chi connectivity index (χ0) is 15.9. The van der Waals surface area contributed by atoms with E-state index in [0.29, 0.717) is 13.0 Å². The van der Waals surface area contributed by atoms with E-state index in [1.165, 1.54) is 0 Å². The summed E-state index contributed by atoms with van der Waals surface area (Å²) in [5, 5.41) is 12.3. The van der Waals surface area contributed by atoms with Gasteiger partial charge in [-0.3, -0.25) is 4.79 Å². The van der Waals surface area contributed by atoms with E-state index >= 15 is 0 Å². The minimum atomic E-state index is -0.0986. The first-order valence-electron chi connectivity index (χ1n) is 7.10. The van der Waals surface area contributed by atoms with Gasteiger partial charge in [-0.05, 0) is 31.5 Å². The molecule has 0 fully saturated rings. The summed E-state index contributed by atoms with van der Waals surface area (Å²) in [4.78, 5) is 17.0. The number of carbonyl (C=O) groups is 1. The van der Waals surface area contributed by atoms with Crippen LogP contribution >= 0.6 is 11.3 Å². The van der Waals surface area contributed by atoms with Crippen molar-refractivity contribution in [1.82, 2.24) is 10.3 Å². The van der Waals surface area contributed by atoms with Gasteiger partial charge >= 0.3 is 0 Å². The maximum absolute atomic E-state index is 11.5. The summed E-state index contributed by atoms with van der Waals surface area (Å²) in [5.74, 6) is 0.670. The molecule has 0 saturated carbocycles. The normalized spacial score (nSPS) is 10.5. The summed E-state index contributed by atoms with van der Waals surface area (Å²) in [6.07, 6.45) is 0.299. The SMILES string of the molecule is Cc1nc(C)c(COc2ccc(CC(=O)NCCO)cc2)s1. The number of nitrogens with zero attached hydrogens (tertiary/aromatic N) is 1. The number of rotatable bonds is 7. The van der Waals surface area contributed by atoms with E-state index in [9.17, 15) is 4.79 Å². The number of benzene rings is 1. The Kier molecular flexibility index (Phi) is 5.91. The molecule has 0 spiro atoms. The van der Waals surface area contributed by atoms with Gasteiger partial charge in [-0.1, -0.05) is 12.1 Å². The second kappa shape index (κ2) is 7.91. The molecule has 2 N–H and O–H groups in total. The Labute approximate surface area is 134 Å². The quantitative estimate of drug-likeness (QED) is 0.818. The number of hydrogen-bond acceptors (Lipinski definition) is 5. The van der Waals surface area contributed by atoms with Gasteiger partial charge < -0.3 is 15.2 Å². The summed E-state index contributed by atoms with van der Waals surface area (Å²) in [5.41, 5.74) is 1.92. The van der Waals surface area contributed by atoms with Gasteiger partial charge in [0.05, 0.1) is 28.6 Å². The lowest BCUT2D eigenvalue weighted by Crippen LogP contribution is -2.27. The first kappa shape index (κ1) is 16.5. The minimum absolute atomic E-state index is 0.0466. The molecule has 1 aromatic heterocycles. The van der Waals surface area contributed by atoms with Gasteiger partial charge in [0.1, 0.15) is 12.4 Å². The average molecular weight is 320 g/mol. The van der Waals surface area contributed by atoms with Crippen molar-refractivity contribution in [2.45, 2.75) is 26.9 Å². The van der Waals surface area contributed by atoms with Crippen LogP contribution in [-0.4, -0.2) is 29.1 Å². The molecule has 5 nitrogen and oxygen atoms in total. The number of hydrogen-bond donors (Lipinski definition) is 2. The Morgan fingerprint density at radius 3 is 2.64 bits per heavy atom. The molecule has 0 bridgehead atoms. The molecule has 0 aliphatic carbocycles. The third-order valence-corrected chi connectivity index (χ3v) is 4.14. The molecular weight excluding hydrogens is 300 g/mol. The highest BCUT2D eigenvalue weighted by Crippen LogP contribution is 2.20. The fraction of sp³-hybridized carbons (Fsp3) is 0.375. The maximum atomic E-state index is 11.5. The maximum Gasteiger partial charge on any atom is 0.224 e. The van der Waals surface area contributed by atoms with E-state index in [2.05, 4.69) is 10.3 Å². The fourth-order valence-corrected chi connectivity index (χ4v) is 2.85. The molecular formula is C16H20N2O3S. The summed E-state index contributed by atoms with van der Waals surface area (Å²) in [7, 11) is 0. The number of carbonyl (C=O) groups excluding carboxylic acids is 1. The van der Waals surface area contributed by atoms with Crippen LogP contribution < -0.4 is 10.1 Å². The highest BCUT2D eigenvalue weighted by Gasteiger charge is 2.06. The zero-order valence-electron chi connectivity index (χ0n) is 12.8. The lowest BCUT2D eigenvalue weighted by molar-refractivity contribution is -0.120. The van der Waals surface area contributed by atoms with Crippen molar-refractivity contribution in [1.29, 1.82) is 0 Å². The van der Waals surface area contributed by atoms with Crippen molar-refractivity contribution >= 4 is 17.2 Å². The van der Waals surface area contributed by atoms with E-state index in [1.807, 2.05) is 38.1 Å². The molecule has 118 valence electrons. The third-order valence-electron chi connectivity index (χ3n) is 3.09. The highest BCUT2D eigenvalue weighted by molar-refractivity contribution is 7.11. The second-order valence-corrected chi connectivity index (χ2v) is 6.21. The van der Waals surface area contributed by atoms with Crippen LogP contribution in [0.1, 0.15) is 21.1 Å². The standard InChI is InChI=1S/C16H20N2O3S/c1-11-15(22-12(2)18-11)10-21-14-5-3-13(4-6-14)9-16(20)17-7-8-19/h3-6,19H,7-10H2,1-2H3,(H,17,20). The van der Waals surface area contributed by atoms with E-state index in [4.69, 9.17) is 9.84 Å². The minimum Gasteiger partial charge on any atom is -0.488 e. The van der Waals surface area contributed by atoms with Crippen LogP contribution in [0.4, 0.5) is 0 Å². The number of nitrogens with one attached hydrogen (secondary N) is 1. The van der Waals surface area contributed by atoms with Crippen molar-refractivity contribution in [3.8, 4) is 5.75 Å². The van der Waals surface area contributed by atoms with Crippen LogP contribution in [-0.2, 0) is 17.8 Å². The second-order valence-electron chi connectivity index (χ2n) is 4.92. The van der Waals surface area contributed by atoms with E-state index in [1.54, 1.807) is 11.3 Å². The number of thiazole rings is 1. The largest absolute Gasteiger partial charge is 0.488 e. The summed E-state index contributed by atoms with van der Waals surface area (Å²) in [6, 6.07) is 7.47.